The first kappa shape index (κ1) is 58.4. The van der Waals surface area contributed by atoms with Crippen LogP contribution in [-0.2, 0) is 42.0 Å². The number of hydrogen-bond donors (Lipinski definition) is 1. The van der Waals surface area contributed by atoms with E-state index in [4.69, 9.17) is 21.3 Å². The predicted molar refractivity (Wildman–Crippen MR) is 281 cm³/mol. The van der Waals surface area contributed by atoms with Crippen LogP contribution in [0.25, 0.3) is 10.9 Å². The number of carbonyl (C=O) groups excluding carboxylic acids is 3. The fourth-order valence-corrected chi connectivity index (χ4v) is 9.26. The summed E-state index contributed by atoms with van der Waals surface area (Å²) in [5.74, 6) is -0.457. The monoisotopic (exact) mass is 939 g/mol. The first-order chi connectivity index (χ1) is 33.3. The van der Waals surface area contributed by atoms with Crippen molar-refractivity contribution in [2.75, 3.05) is 32.8 Å². The number of aryl methyl sites for hydroxylation is 1. The Labute approximate surface area is 412 Å². The third kappa shape index (κ3) is 31.8. The van der Waals surface area contributed by atoms with Gasteiger partial charge < -0.3 is 29.4 Å². The second-order valence-electron chi connectivity index (χ2n) is 19.8. The normalized spacial score (nSPS) is 12.3. The minimum absolute atomic E-state index is 0.00790. The SMILES string of the molecule is [2H]Cn1cc(C[C@H](N)C(=O)OCCCCN(CCCCCCCC(=O)OC(CCCCCCCC)CCCCCCCC)CCCCCC(=O)OCCCCCCCCCCC)c2ccccc21. The van der Waals surface area contributed by atoms with Gasteiger partial charge in [0.2, 0.25) is 0 Å². The molecule has 2 aromatic rings. The van der Waals surface area contributed by atoms with Crippen LogP contribution in [0.2, 0.25) is 0 Å². The Hall–Kier alpha value is -2.91. The molecule has 0 unspecified atom stereocenters. The molecule has 0 saturated carbocycles. The van der Waals surface area contributed by atoms with E-state index in [0.29, 0.717) is 32.5 Å². The van der Waals surface area contributed by atoms with E-state index in [1.165, 1.54) is 109 Å². The zero-order chi connectivity index (χ0) is 49.1. The fourth-order valence-electron chi connectivity index (χ4n) is 9.26. The number of hydrogen-bond acceptors (Lipinski definition) is 8. The summed E-state index contributed by atoms with van der Waals surface area (Å²) in [7, 11) is 0.114. The third-order valence-electron chi connectivity index (χ3n) is 13.5. The van der Waals surface area contributed by atoms with Gasteiger partial charge >= 0.3 is 17.9 Å². The molecular formula is C58H103N3O6. The Morgan fingerprint density at radius 3 is 1.60 bits per heavy atom. The number of fused-ring (bicyclic) bond motifs is 1. The van der Waals surface area contributed by atoms with Crippen molar-refractivity contribution in [3.8, 4) is 0 Å². The Morgan fingerprint density at radius 1 is 0.567 bits per heavy atom. The van der Waals surface area contributed by atoms with E-state index >= 15 is 0 Å². The van der Waals surface area contributed by atoms with Gasteiger partial charge in [0.05, 0.1) is 13.2 Å². The van der Waals surface area contributed by atoms with Gasteiger partial charge in [-0.1, -0.05) is 180 Å². The van der Waals surface area contributed by atoms with Crippen LogP contribution in [0.5, 0.6) is 0 Å². The third-order valence-corrected chi connectivity index (χ3v) is 13.5. The van der Waals surface area contributed by atoms with E-state index in [-0.39, 0.29) is 31.0 Å². The van der Waals surface area contributed by atoms with Crippen LogP contribution in [0.3, 0.4) is 0 Å². The number of ether oxygens (including phenoxy) is 3. The number of carbonyl (C=O) groups is 3. The van der Waals surface area contributed by atoms with Crippen LogP contribution >= 0.6 is 0 Å². The van der Waals surface area contributed by atoms with Gasteiger partial charge in [0.25, 0.3) is 0 Å². The van der Waals surface area contributed by atoms with Crippen LogP contribution in [0.4, 0.5) is 0 Å². The number of nitrogens with two attached hydrogens (primary N) is 1. The maximum atomic E-state index is 12.9. The van der Waals surface area contributed by atoms with Crippen molar-refractivity contribution in [2.24, 2.45) is 12.8 Å². The quantitative estimate of drug-likeness (QED) is 0.0397. The molecule has 0 aliphatic heterocycles. The molecule has 1 aromatic carbocycles. The first-order valence-corrected chi connectivity index (χ1v) is 28.2. The molecule has 1 heterocycles. The molecule has 2 rings (SSSR count). The fraction of sp³-hybridized carbons (Fsp3) is 0.810. The molecule has 0 aliphatic rings. The Bertz CT molecular complexity index is 1500. The molecule has 9 heteroatoms. The molecule has 0 bridgehead atoms. The van der Waals surface area contributed by atoms with Crippen LogP contribution < -0.4 is 5.73 Å². The minimum atomic E-state index is -0.754. The lowest BCUT2D eigenvalue weighted by molar-refractivity contribution is -0.150. The molecule has 1 atom stereocenters. The summed E-state index contributed by atoms with van der Waals surface area (Å²) in [6.45, 7) is 10.6. The second kappa shape index (κ2) is 42.0. The average molecular weight is 939 g/mol. The van der Waals surface area contributed by atoms with Crippen molar-refractivity contribution in [3.05, 3.63) is 36.0 Å². The lowest BCUT2D eigenvalue weighted by Crippen LogP contribution is -2.34. The number of benzene rings is 1. The van der Waals surface area contributed by atoms with Crippen molar-refractivity contribution >= 4 is 28.8 Å². The van der Waals surface area contributed by atoms with Gasteiger partial charge in [-0.3, -0.25) is 14.4 Å². The highest BCUT2D eigenvalue weighted by atomic mass is 16.5. The van der Waals surface area contributed by atoms with Gasteiger partial charge in [0.1, 0.15) is 12.1 Å². The highest BCUT2D eigenvalue weighted by molar-refractivity contribution is 5.85. The number of rotatable bonds is 47. The lowest BCUT2D eigenvalue weighted by atomic mass is 10.0. The van der Waals surface area contributed by atoms with Crippen molar-refractivity contribution in [1.29, 1.82) is 0 Å². The number of aromatic nitrogens is 1. The summed E-state index contributed by atoms with van der Waals surface area (Å²) in [5, 5.41) is 1.02. The first-order valence-electron chi connectivity index (χ1n) is 28.9. The van der Waals surface area contributed by atoms with Gasteiger partial charge in [-0.25, -0.2) is 0 Å². The number of esters is 3. The summed E-state index contributed by atoms with van der Waals surface area (Å²) in [4.78, 5) is 40.7. The van der Waals surface area contributed by atoms with Crippen LogP contribution in [0.1, 0.15) is 252 Å². The van der Waals surface area contributed by atoms with E-state index in [0.717, 1.165) is 139 Å². The number of unbranched alkanes of at least 4 members (excludes halogenated alkanes) is 25. The summed E-state index contributed by atoms with van der Waals surface area (Å²) < 4.78 is 27.0. The van der Waals surface area contributed by atoms with Gasteiger partial charge in [-0.05, 0) is 102 Å². The maximum Gasteiger partial charge on any atom is 0.323 e. The molecule has 1 aromatic heterocycles. The predicted octanol–water partition coefficient (Wildman–Crippen LogP) is 15.1. The molecule has 0 fully saturated rings. The van der Waals surface area contributed by atoms with Gasteiger partial charge in [0, 0.05) is 44.8 Å². The number of para-hydroxylation sites is 1. The van der Waals surface area contributed by atoms with Gasteiger partial charge in [-0.2, -0.15) is 0 Å². The van der Waals surface area contributed by atoms with Crippen molar-refractivity contribution in [2.45, 2.75) is 264 Å². The summed E-state index contributed by atoms with van der Waals surface area (Å²) in [6, 6.07) is 7.17. The van der Waals surface area contributed by atoms with E-state index in [2.05, 4.69) is 25.7 Å². The zero-order valence-electron chi connectivity index (χ0n) is 44.7. The highest BCUT2D eigenvalue weighted by Gasteiger charge is 2.19. The van der Waals surface area contributed by atoms with Gasteiger partial charge in [-0.15, -0.1) is 0 Å². The Kier molecular flexibility index (Phi) is 36.6. The average Bonchev–Trinajstić information content (AvgIpc) is 3.70. The largest absolute Gasteiger partial charge is 0.466 e. The molecule has 0 aliphatic carbocycles. The van der Waals surface area contributed by atoms with Crippen molar-refractivity contribution < 1.29 is 30.0 Å². The topological polar surface area (TPSA) is 113 Å². The molecule has 0 saturated heterocycles. The van der Waals surface area contributed by atoms with E-state index < -0.39 is 6.04 Å². The number of nitrogens with zero attached hydrogens (tertiary/aromatic N) is 2. The summed E-state index contributed by atoms with van der Waals surface area (Å²) >= 11 is 0. The van der Waals surface area contributed by atoms with Gasteiger partial charge in [0.15, 0.2) is 0 Å². The molecule has 9 nitrogen and oxygen atoms in total. The zero-order valence-corrected chi connectivity index (χ0v) is 43.7. The van der Waals surface area contributed by atoms with Crippen molar-refractivity contribution in [3.63, 3.8) is 0 Å². The Balaban J connectivity index is 1.73. The van der Waals surface area contributed by atoms with Crippen LogP contribution in [-0.4, -0.2) is 72.4 Å². The smallest absolute Gasteiger partial charge is 0.323 e. The second-order valence-corrected chi connectivity index (χ2v) is 19.8. The molecule has 386 valence electrons. The maximum absolute atomic E-state index is 12.9. The summed E-state index contributed by atoms with van der Waals surface area (Å²) in [6.07, 6.45) is 41.7. The molecule has 0 radical (unpaired) electrons. The van der Waals surface area contributed by atoms with E-state index in [1.807, 2.05) is 35.0 Å². The standard InChI is InChI=1S/C58H103N3O6/c1-5-8-11-14-17-18-19-25-36-47-65-56(62)42-30-26-34-45-61(46-35-37-48-66-58(64)54(59)49-51-50-60(4)55-41-32-31-40-53(51)55)44-33-24-20-23-29-43-57(63)67-52(38-27-21-15-12-9-6-2)39-28-22-16-13-10-7-3/h31-32,40-41,50,52,54H,5-30,33-39,42-49,59H2,1-4H3/t54-/m0/s1/i4D. The molecule has 2 N–H and O–H groups in total. The highest BCUT2D eigenvalue weighted by Crippen LogP contribution is 2.22. The van der Waals surface area contributed by atoms with Crippen LogP contribution in [0.15, 0.2) is 30.5 Å². The molecule has 67 heavy (non-hydrogen) atoms. The Morgan fingerprint density at radius 2 is 1.01 bits per heavy atom. The lowest BCUT2D eigenvalue weighted by Gasteiger charge is -2.22. The molecule has 0 spiro atoms. The van der Waals surface area contributed by atoms with E-state index in [1.54, 1.807) is 0 Å². The summed E-state index contributed by atoms with van der Waals surface area (Å²) in [5.41, 5.74) is 8.25. The molecule has 0 amide bonds. The molecular weight excluding hydrogens is 835 g/mol. The minimum Gasteiger partial charge on any atom is -0.466 e. The van der Waals surface area contributed by atoms with Crippen LogP contribution in [0, 0.1) is 0 Å². The van der Waals surface area contributed by atoms with E-state index in [9.17, 15) is 14.4 Å². The van der Waals surface area contributed by atoms with Crippen molar-refractivity contribution in [1.82, 2.24) is 9.47 Å².